The summed E-state index contributed by atoms with van der Waals surface area (Å²) < 4.78 is 32.0. The fourth-order valence-electron chi connectivity index (χ4n) is 1.94. The maximum Gasteiger partial charge on any atom is 0.216 e. The molecule has 20 heavy (non-hydrogen) atoms. The van der Waals surface area contributed by atoms with Gasteiger partial charge in [0.2, 0.25) is 10.0 Å². The van der Waals surface area contributed by atoms with E-state index in [0.717, 1.165) is 5.76 Å². The van der Waals surface area contributed by atoms with Crippen molar-refractivity contribution in [2.24, 2.45) is 0 Å². The molecule has 1 N–H and O–H groups in total. The lowest BCUT2D eigenvalue weighted by atomic mass is 10.2. The monoisotopic (exact) mass is 313 g/mol. The van der Waals surface area contributed by atoms with Crippen molar-refractivity contribution in [1.82, 2.24) is 4.72 Å². The molecule has 1 aromatic heterocycles. The second-order valence-electron chi connectivity index (χ2n) is 4.65. The number of benzene rings is 1. The van der Waals surface area contributed by atoms with E-state index in [1.165, 1.54) is 0 Å². The highest BCUT2D eigenvalue weighted by Gasteiger charge is 2.17. The molecule has 0 fully saturated rings. The third kappa shape index (κ3) is 4.37. The van der Waals surface area contributed by atoms with Crippen molar-refractivity contribution in [2.75, 3.05) is 0 Å². The summed E-state index contributed by atoms with van der Waals surface area (Å²) in [5.74, 6) is 0.618. The van der Waals surface area contributed by atoms with Crippen LogP contribution < -0.4 is 4.72 Å². The molecule has 0 amide bonds. The molecule has 2 aromatic rings. The van der Waals surface area contributed by atoms with Crippen LogP contribution >= 0.6 is 11.6 Å². The predicted molar refractivity (Wildman–Crippen MR) is 79.1 cm³/mol. The molecule has 0 aliphatic heterocycles. The van der Waals surface area contributed by atoms with Crippen LogP contribution in [-0.2, 0) is 22.2 Å². The molecule has 0 saturated heterocycles. The molecule has 1 atom stereocenters. The van der Waals surface area contributed by atoms with Gasteiger partial charge in [-0.25, -0.2) is 13.1 Å². The first kappa shape index (κ1) is 15.1. The zero-order valence-corrected chi connectivity index (χ0v) is 12.6. The molecular formula is C14H16ClNO3S. The number of halogens is 1. The molecule has 108 valence electrons. The highest BCUT2D eigenvalue weighted by Crippen LogP contribution is 2.17. The number of hydrogen-bond acceptors (Lipinski definition) is 3. The molecule has 0 spiro atoms. The third-order valence-electron chi connectivity index (χ3n) is 2.77. The van der Waals surface area contributed by atoms with Gasteiger partial charge in [0.15, 0.2) is 0 Å². The van der Waals surface area contributed by atoms with Crippen molar-refractivity contribution in [2.45, 2.75) is 25.1 Å². The van der Waals surface area contributed by atoms with Crippen LogP contribution in [0.25, 0.3) is 0 Å². The molecule has 0 bridgehead atoms. The summed E-state index contributed by atoms with van der Waals surface area (Å²) >= 11 is 5.97. The zero-order chi connectivity index (χ0) is 14.6. The summed E-state index contributed by atoms with van der Waals surface area (Å²) in [6, 6.07) is 10.3. The van der Waals surface area contributed by atoms with E-state index in [1.807, 2.05) is 6.07 Å². The summed E-state index contributed by atoms with van der Waals surface area (Å²) in [5, 5.41) is 0.455. The summed E-state index contributed by atoms with van der Waals surface area (Å²) in [5.41, 5.74) is 0.590. The van der Waals surface area contributed by atoms with Crippen molar-refractivity contribution >= 4 is 21.6 Å². The number of hydrogen-bond donors (Lipinski definition) is 1. The van der Waals surface area contributed by atoms with Crippen molar-refractivity contribution in [3.63, 3.8) is 0 Å². The molecule has 0 aliphatic carbocycles. The van der Waals surface area contributed by atoms with Crippen LogP contribution in [0.5, 0.6) is 0 Å². The van der Waals surface area contributed by atoms with Crippen LogP contribution in [0.1, 0.15) is 18.2 Å². The molecule has 0 aliphatic rings. The Morgan fingerprint density at radius 2 is 2.00 bits per heavy atom. The molecule has 4 nitrogen and oxygen atoms in total. The third-order valence-corrected chi connectivity index (χ3v) is 4.59. The minimum Gasteiger partial charge on any atom is -0.469 e. The Kier molecular flexibility index (Phi) is 4.86. The summed E-state index contributed by atoms with van der Waals surface area (Å²) in [4.78, 5) is 0. The molecule has 1 aromatic carbocycles. The second kappa shape index (κ2) is 6.43. The number of rotatable bonds is 6. The minimum atomic E-state index is -3.44. The fraction of sp³-hybridized carbons (Fsp3) is 0.286. The molecule has 1 heterocycles. The van der Waals surface area contributed by atoms with Gasteiger partial charge >= 0.3 is 0 Å². The second-order valence-corrected chi connectivity index (χ2v) is 6.81. The fourth-order valence-corrected chi connectivity index (χ4v) is 3.66. The summed E-state index contributed by atoms with van der Waals surface area (Å²) in [6.45, 7) is 1.80. The maximum absolute atomic E-state index is 12.1. The van der Waals surface area contributed by atoms with Gasteiger partial charge in [0.25, 0.3) is 0 Å². The molecule has 1 unspecified atom stereocenters. The SMILES string of the molecule is CC(Cc1ccco1)NS(=O)(=O)Cc1ccccc1Cl. The first-order valence-corrected chi connectivity index (χ1v) is 8.25. The largest absolute Gasteiger partial charge is 0.469 e. The van der Waals surface area contributed by atoms with Gasteiger partial charge < -0.3 is 4.42 Å². The topological polar surface area (TPSA) is 59.3 Å². The van der Waals surface area contributed by atoms with Crippen LogP contribution in [0, 0.1) is 0 Å². The van der Waals surface area contributed by atoms with Gasteiger partial charge in [-0.1, -0.05) is 29.8 Å². The lowest BCUT2D eigenvalue weighted by molar-refractivity contribution is 0.479. The number of furan rings is 1. The molecule has 0 radical (unpaired) electrons. The van der Waals surface area contributed by atoms with Gasteiger partial charge in [0.1, 0.15) is 5.76 Å². The van der Waals surface area contributed by atoms with E-state index >= 15 is 0 Å². The standard InChI is InChI=1S/C14H16ClNO3S/c1-11(9-13-6-4-8-19-13)16-20(17,18)10-12-5-2-3-7-14(12)15/h2-8,11,16H,9-10H2,1H3. The average molecular weight is 314 g/mol. The summed E-state index contributed by atoms with van der Waals surface area (Å²) in [7, 11) is -3.44. The minimum absolute atomic E-state index is 0.130. The maximum atomic E-state index is 12.1. The first-order valence-electron chi connectivity index (χ1n) is 6.22. The lowest BCUT2D eigenvalue weighted by Crippen LogP contribution is -2.34. The van der Waals surface area contributed by atoms with E-state index in [1.54, 1.807) is 43.5 Å². The Bertz CT molecular complexity index is 653. The first-order chi connectivity index (χ1) is 9.46. The van der Waals surface area contributed by atoms with Crippen LogP contribution in [0.2, 0.25) is 5.02 Å². The van der Waals surface area contributed by atoms with Crippen molar-refractivity contribution in [3.05, 3.63) is 59.0 Å². The van der Waals surface area contributed by atoms with Crippen molar-refractivity contribution in [1.29, 1.82) is 0 Å². The quantitative estimate of drug-likeness (QED) is 0.892. The van der Waals surface area contributed by atoms with Gasteiger partial charge in [-0.3, -0.25) is 0 Å². The van der Waals surface area contributed by atoms with Crippen LogP contribution in [0.4, 0.5) is 0 Å². The summed E-state index contributed by atoms with van der Waals surface area (Å²) in [6.07, 6.45) is 2.08. The normalized spacial score (nSPS) is 13.3. The van der Waals surface area contributed by atoms with Gasteiger partial charge in [-0.2, -0.15) is 0 Å². The highest BCUT2D eigenvalue weighted by molar-refractivity contribution is 7.88. The van der Waals surface area contributed by atoms with Crippen molar-refractivity contribution in [3.8, 4) is 0 Å². The Balaban J connectivity index is 1.99. The van der Waals surface area contributed by atoms with Crippen LogP contribution in [0.3, 0.4) is 0 Å². The van der Waals surface area contributed by atoms with E-state index in [4.69, 9.17) is 16.0 Å². The van der Waals surface area contributed by atoms with E-state index in [9.17, 15) is 8.42 Å². The highest BCUT2D eigenvalue weighted by atomic mass is 35.5. The molecule has 0 saturated carbocycles. The lowest BCUT2D eigenvalue weighted by Gasteiger charge is -2.13. The number of sulfonamides is 1. The zero-order valence-electron chi connectivity index (χ0n) is 11.0. The smallest absolute Gasteiger partial charge is 0.216 e. The average Bonchev–Trinajstić information content (AvgIpc) is 2.83. The van der Waals surface area contributed by atoms with E-state index in [-0.39, 0.29) is 11.8 Å². The molecule has 6 heteroatoms. The van der Waals surface area contributed by atoms with E-state index in [0.29, 0.717) is 17.0 Å². The van der Waals surface area contributed by atoms with Gasteiger partial charge in [-0.15, -0.1) is 0 Å². The Morgan fingerprint density at radius 3 is 2.65 bits per heavy atom. The van der Waals surface area contributed by atoms with Gasteiger partial charge in [0, 0.05) is 17.5 Å². The van der Waals surface area contributed by atoms with Crippen LogP contribution in [-0.4, -0.2) is 14.5 Å². The molecular weight excluding hydrogens is 298 g/mol. The Labute approximate surface area is 123 Å². The Hall–Kier alpha value is -1.30. The predicted octanol–water partition coefficient (Wildman–Crippen LogP) is 2.98. The van der Waals surface area contributed by atoms with Crippen LogP contribution in [0.15, 0.2) is 47.1 Å². The Morgan fingerprint density at radius 1 is 1.25 bits per heavy atom. The van der Waals surface area contributed by atoms with Crippen molar-refractivity contribution < 1.29 is 12.8 Å². The number of nitrogens with one attached hydrogen (secondary N) is 1. The van der Waals surface area contributed by atoms with E-state index in [2.05, 4.69) is 4.72 Å². The van der Waals surface area contributed by atoms with Gasteiger partial charge in [0.05, 0.1) is 12.0 Å². The van der Waals surface area contributed by atoms with Gasteiger partial charge in [-0.05, 0) is 30.7 Å². The van der Waals surface area contributed by atoms with E-state index < -0.39 is 10.0 Å². The molecule has 2 rings (SSSR count).